The maximum atomic E-state index is 13.1. The molecule has 2 aromatic heterocycles. The lowest BCUT2D eigenvalue weighted by Crippen LogP contribution is -2.47. The number of hydrogen-bond donors (Lipinski definition) is 1. The zero-order valence-electron chi connectivity index (χ0n) is 15.3. The van der Waals surface area contributed by atoms with E-state index in [-0.39, 0.29) is 5.82 Å². The van der Waals surface area contributed by atoms with E-state index in [1.54, 1.807) is 0 Å². The van der Waals surface area contributed by atoms with E-state index in [1.807, 2.05) is 38.1 Å². The third-order valence-electron chi connectivity index (χ3n) is 4.76. The first-order valence-corrected chi connectivity index (χ1v) is 8.81. The van der Waals surface area contributed by atoms with E-state index >= 15 is 0 Å². The van der Waals surface area contributed by atoms with Gasteiger partial charge in [-0.3, -0.25) is 0 Å². The van der Waals surface area contributed by atoms with Crippen LogP contribution in [0.5, 0.6) is 0 Å². The highest BCUT2D eigenvalue weighted by Crippen LogP contribution is 2.28. The molecule has 136 valence electrons. The zero-order valence-corrected chi connectivity index (χ0v) is 15.3. The highest BCUT2D eigenvalue weighted by Gasteiger charge is 2.22. The smallest absolute Gasteiger partial charge is 0.228 e. The Hall–Kier alpha value is -2.83. The van der Waals surface area contributed by atoms with Crippen LogP contribution in [0, 0.1) is 12.7 Å². The fraction of sp³-hybridized carbons (Fsp3) is 0.368. The van der Waals surface area contributed by atoms with Gasteiger partial charge in [0.05, 0.1) is 5.39 Å². The highest BCUT2D eigenvalue weighted by atomic mass is 19.1. The molecule has 26 heavy (non-hydrogen) atoms. The van der Waals surface area contributed by atoms with Crippen LogP contribution >= 0.6 is 0 Å². The van der Waals surface area contributed by atoms with E-state index in [4.69, 9.17) is 4.98 Å². The quantitative estimate of drug-likeness (QED) is 0.784. The summed E-state index contributed by atoms with van der Waals surface area (Å²) in [4.78, 5) is 19.2. The first-order chi connectivity index (χ1) is 12.5. The number of aromatic nitrogens is 3. The standard InChI is InChI=1S/C19H23FN6/c1-13-12-16-17(21-13)22-19(24(2)3)23-18(16)26-10-8-25(9-11-26)15-6-4-14(20)5-7-15/h4-7,12H,8-11H2,1-3H3,(H,21,22,23). The summed E-state index contributed by atoms with van der Waals surface area (Å²) in [5.74, 6) is 1.48. The summed E-state index contributed by atoms with van der Waals surface area (Å²) in [5.41, 5.74) is 3.01. The molecule has 0 amide bonds. The van der Waals surface area contributed by atoms with Crippen molar-refractivity contribution in [3.05, 3.63) is 41.8 Å². The maximum Gasteiger partial charge on any atom is 0.228 e. The summed E-state index contributed by atoms with van der Waals surface area (Å²) in [6, 6.07) is 8.82. The van der Waals surface area contributed by atoms with Gasteiger partial charge in [0.15, 0.2) is 0 Å². The summed E-state index contributed by atoms with van der Waals surface area (Å²) < 4.78 is 13.1. The molecule has 0 aliphatic carbocycles. The molecular weight excluding hydrogens is 331 g/mol. The zero-order chi connectivity index (χ0) is 18.3. The number of rotatable bonds is 3. The van der Waals surface area contributed by atoms with Crippen LogP contribution in [0.25, 0.3) is 11.0 Å². The topological polar surface area (TPSA) is 51.3 Å². The molecule has 6 nitrogen and oxygen atoms in total. The molecule has 3 heterocycles. The van der Waals surface area contributed by atoms with Crippen molar-refractivity contribution >= 4 is 28.5 Å². The number of anilines is 3. The number of hydrogen-bond acceptors (Lipinski definition) is 5. The second kappa shape index (κ2) is 6.48. The summed E-state index contributed by atoms with van der Waals surface area (Å²) in [6.07, 6.45) is 0. The molecule has 7 heteroatoms. The third-order valence-corrected chi connectivity index (χ3v) is 4.76. The molecular formula is C19H23FN6. The molecule has 4 rings (SSSR count). The molecule has 3 aromatic rings. The lowest BCUT2D eigenvalue weighted by atomic mass is 10.2. The van der Waals surface area contributed by atoms with Gasteiger partial charge in [-0.05, 0) is 37.3 Å². The van der Waals surface area contributed by atoms with Gasteiger partial charge >= 0.3 is 0 Å². The minimum absolute atomic E-state index is 0.199. The van der Waals surface area contributed by atoms with Crippen molar-refractivity contribution in [2.75, 3.05) is 55.0 Å². The highest BCUT2D eigenvalue weighted by molar-refractivity contribution is 5.89. The Labute approximate surface area is 152 Å². The average Bonchev–Trinajstić information content (AvgIpc) is 3.02. The number of fused-ring (bicyclic) bond motifs is 1. The number of nitrogens with zero attached hydrogens (tertiary/aromatic N) is 5. The van der Waals surface area contributed by atoms with Gasteiger partial charge in [0.25, 0.3) is 0 Å². The Balaban J connectivity index is 1.60. The minimum atomic E-state index is -0.199. The van der Waals surface area contributed by atoms with Crippen LogP contribution in [0.15, 0.2) is 30.3 Å². The number of piperazine rings is 1. The summed E-state index contributed by atoms with van der Waals surface area (Å²) in [7, 11) is 3.90. The van der Waals surface area contributed by atoms with Gasteiger partial charge in [-0.2, -0.15) is 9.97 Å². The van der Waals surface area contributed by atoms with E-state index in [1.165, 1.54) is 12.1 Å². The number of nitrogens with one attached hydrogen (secondary N) is 1. The van der Waals surface area contributed by atoms with E-state index in [9.17, 15) is 4.39 Å². The molecule has 1 aliphatic heterocycles. The Bertz CT molecular complexity index is 910. The first kappa shape index (κ1) is 16.6. The number of benzene rings is 1. The molecule has 1 aliphatic rings. The Morgan fingerprint density at radius 2 is 1.65 bits per heavy atom. The van der Waals surface area contributed by atoms with Crippen molar-refractivity contribution in [3.8, 4) is 0 Å². The monoisotopic (exact) mass is 354 g/mol. The van der Waals surface area contributed by atoms with Crippen LogP contribution < -0.4 is 14.7 Å². The van der Waals surface area contributed by atoms with E-state index in [0.717, 1.165) is 54.4 Å². The fourth-order valence-corrected chi connectivity index (χ4v) is 3.38. The van der Waals surface area contributed by atoms with Crippen LogP contribution in [0.1, 0.15) is 5.69 Å². The van der Waals surface area contributed by atoms with Crippen LogP contribution in [0.3, 0.4) is 0 Å². The van der Waals surface area contributed by atoms with Crippen molar-refractivity contribution < 1.29 is 4.39 Å². The SMILES string of the molecule is Cc1cc2c(N3CCN(c4ccc(F)cc4)CC3)nc(N(C)C)nc2[nH]1. The number of H-pyrrole nitrogens is 1. The van der Waals surface area contributed by atoms with Crippen LogP contribution in [0.2, 0.25) is 0 Å². The second-order valence-electron chi connectivity index (χ2n) is 6.91. The van der Waals surface area contributed by atoms with Gasteiger partial charge in [-0.1, -0.05) is 0 Å². The van der Waals surface area contributed by atoms with E-state index in [2.05, 4.69) is 25.8 Å². The molecule has 0 spiro atoms. The van der Waals surface area contributed by atoms with Gasteiger partial charge < -0.3 is 19.7 Å². The predicted octanol–water partition coefficient (Wildman–Crippen LogP) is 2.80. The van der Waals surface area contributed by atoms with Crippen molar-refractivity contribution in [2.24, 2.45) is 0 Å². The first-order valence-electron chi connectivity index (χ1n) is 8.81. The molecule has 1 fully saturated rings. The number of aromatic amines is 1. The van der Waals surface area contributed by atoms with Crippen molar-refractivity contribution in [1.82, 2.24) is 15.0 Å². The normalized spacial score (nSPS) is 14.9. The maximum absolute atomic E-state index is 13.1. The number of aryl methyl sites for hydroxylation is 1. The van der Waals surface area contributed by atoms with Gasteiger partial charge in [0, 0.05) is 51.7 Å². The minimum Gasteiger partial charge on any atom is -0.368 e. The molecule has 1 saturated heterocycles. The summed E-state index contributed by atoms with van der Waals surface area (Å²) in [5, 5.41) is 1.06. The van der Waals surface area contributed by atoms with E-state index < -0.39 is 0 Å². The Kier molecular flexibility index (Phi) is 4.14. The summed E-state index contributed by atoms with van der Waals surface area (Å²) in [6.45, 7) is 5.50. The van der Waals surface area contributed by atoms with E-state index in [0.29, 0.717) is 5.95 Å². The van der Waals surface area contributed by atoms with Crippen LogP contribution in [-0.2, 0) is 0 Å². The lowest BCUT2D eigenvalue weighted by Gasteiger charge is -2.37. The Morgan fingerprint density at radius 1 is 1.00 bits per heavy atom. The molecule has 0 atom stereocenters. The van der Waals surface area contributed by atoms with Crippen LogP contribution in [-0.4, -0.2) is 55.2 Å². The largest absolute Gasteiger partial charge is 0.368 e. The Morgan fingerprint density at radius 3 is 2.31 bits per heavy atom. The second-order valence-corrected chi connectivity index (χ2v) is 6.91. The van der Waals surface area contributed by atoms with Gasteiger partial charge in [-0.15, -0.1) is 0 Å². The predicted molar refractivity (Wildman–Crippen MR) is 104 cm³/mol. The molecule has 1 N–H and O–H groups in total. The van der Waals surface area contributed by atoms with Crippen molar-refractivity contribution in [2.45, 2.75) is 6.92 Å². The summed E-state index contributed by atoms with van der Waals surface area (Å²) >= 11 is 0. The fourth-order valence-electron chi connectivity index (χ4n) is 3.38. The third kappa shape index (κ3) is 3.05. The molecule has 1 aromatic carbocycles. The molecule has 0 radical (unpaired) electrons. The van der Waals surface area contributed by atoms with Gasteiger partial charge in [-0.25, -0.2) is 4.39 Å². The van der Waals surface area contributed by atoms with Crippen LogP contribution in [0.4, 0.5) is 21.8 Å². The van der Waals surface area contributed by atoms with Crippen molar-refractivity contribution in [3.63, 3.8) is 0 Å². The lowest BCUT2D eigenvalue weighted by molar-refractivity contribution is 0.624. The van der Waals surface area contributed by atoms with Crippen molar-refractivity contribution in [1.29, 1.82) is 0 Å². The van der Waals surface area contributed by atoms with Gasteiger partial charge in [0.1, 0.15) is 17.3 Å². The molecule has 0 bridgehead atoms. The number of halogens is 1. The molecule has 0 unspecified atom stereocenters. The molecule has 0 saturated carbocycles. The average molecular weight is 354 g/mol. The van der Waals surface area contributed by atoms with Gasteiger partial charge in [0.2, 0.25) is 5.95 Å².